The summed E-state index contributed by atoms with van der Waals surface area (Å²) in [6.45, 7) is 3.16. The molecule has 108 valence electrons. The Kier molecular flexibility index (Phi) is 5.01. The molecule has 0 bridgehead atoms. The number of fused-ring (bicyclic) bond motifs is 1. The Morgan fingerprint density at radius 1 is 1.50 bits per heavy atom. The van der Waals surface area contributed by atoms with Crippen LogP contribution in [-0.4, -0.2) is 35.6 Å². The van der Waals surface area contributed by atoms with Crippen LogP contribution in [0.3, 0.4) is 0 Å². The highest BCUT2D eigenvalue weighted by Gasteiger charge is 2.20. The number of aliphatic hydroxyl groups is 1. The lowest BCUT2D eigenvalue weighted by Crippen LogP contribution is -2.32. The van der Waals surface area contributed by atoms with E-state index in [9.17, 15) is 4.79 Å². The fraction of sp³-hybridized carbons (Fsp3) is 0.357. The minimum Gasteiger partial charge on any atom is -0.397 e. The molecule has 0 atom stereocenters. The summed E-state index contributed by atoms with van der Waals surface area (Å²) in [4.78, 5) is 14.8. The maximum absolute atomic E-state index is 12.5. The molecule has 0 fully saturated rings. The topological polar surface area (TPSA) is 66.6 Å². The Labute approximate surface area is 130 Å². The van der Waals surface area contributed by atoms with Crippen LogP contribution in [0.25, 0.3) is 10.1 Å². The summed E-state index contributed by atoms with van der Waals surface area (Å²) < 4.78 is 1.95. The summed E-state index contributed by atoms with van der Waals surface area (Å²) in [5, 5.41) is 9.81. The lowest BCUT2D eigenvalue weighted by Gasteiger charge is -2.19. The Hall–Kier alpha value is -1.11. The number of carbonyl (C=O) groups is 1. The summed E-state index contributed by atoms with van der Waals surface area (Å²) in [5.74, 6) is -0.0595. The van der Waals surface area contributed by atoms with Gasteiger partial charge >= 0.3 is 0 Å². The number of aliphatic hydroxyl groups excluding tert-OH is 1. The van der Waals surface area contributed by atoms with Crippen molar-refractivity contribution in [1.29, 1.82) is 0 Å². The number of benzene rings is 1. The number of nitrogen functional groups attached to an aromatic ring is 1. The third-order valence-corrected chi connectivity index (χ3v) is 4.81. The highest BCUT2D eigenvalue weighted by Crippen LogP contribution is 2.36. The van der Waals surface area contributed by atoms with E-state index in [4.69, 9.17) is 10.8 Å². The standard InChI is InChI=1S/C14H17BrN2O2S/c1-2-17(6-3-7-18)14(19)13-12(16)10-8-9(15)4-5-11(10)20-13/h4-5,8,18H,2-3,6-7,16H2,1H3. The van der Waals surface area contributed by atoms with Crippen LogP contribution in [-0.2, 0) is 0 Å². The van der Waals surface area contributed by atoms with Gasteiger partial charge < -0.3 is 15.7 Å². The molecule has 2 aromatic rings. The minimum absolute atomic E-state index is 0.0595. The molecular weight excluding hydrogens is 340 g/mol. The van der Waals surface area contributed by atoms with Crippen molar-refractivity contribution < 1.29 is 9.90 Å². The number of hydrogen-bond acceptors (Lipinski definition) is 4. The van der Waals surface area contributed by atoms with Crippen LogP contribution < -0.4 is 5.73 Å². The molecule has 0 aliphatic carbocycles. The molecule has 1 aromatic carbocycles. The number of carbonyl (C=O) groups excluding carboxylic acids is 1. The number of anilines is 1. The molecule has 0 aliphatic rings. The van der Waals surface area contributed by atoms with Crippen LogP contribution in [0.4, 0.5) is 5.69 Å². The van der Waals surface area contributed by atoms with Gasteiger partial charge in [-0.2, -0.15) is 0 Å². The van der Waals surface area contributed by atoms with Gasteiger partial charge in [0.05, 0.1) is 5.69 Å². The lowest BCUT2D eigenvalue weighted by atomic mass is 10.2. The third-order valence-electron chi connectivity index (χ3n) is 3.14. The molecule has 3 N–H and O–H groups in total. The Morgan fingerprint density at radius 3 is 2.90 bits per heavy atom. The summed E-state index contributed by atoms with van der Waals surface area (Å²) in [5.41, 5.74) is 6.66. The first kappa shape index (κ1) is 15.3. The monoisotopic (exact) mass is 356 g/mol. The summed E-state index contributed by atoms with van der Waals surface area (Å²) in [7, 11) is 0. The third kappa shape index (κ3) is 2.97. The maximum atomic E-state index is 12.5. The molecule has 4 nitrogen and oxygen atoms in total. The number of halogens is 1. The lowest BCUT2D eigenvalue weighted by molar-refractivity contribution is 0.0760. The molecule has 0 aliphatic heterocycles. The molecule has 0 unspecified atom stereocenters. The van der Waals surface area contributed by atoms with E-state index in [1.165, 1.54) is 11.3 Å². The second kappa shape index (κ2) is 6.56. The van der Waals surface area contributed by atoms with Crippen molar-refractivity contribution in [3.8, 4) is 0 Å². The van der Waals surface area contributed by atoms with Gasteiger partial charge in [0.2, 0.25) is 0 Å². The molecule has 0 saturated carbocycles. The first-order valence-corrected chi connectivity index (χ1v) is 8.07. The van der Waals surface area contributed by atoms with Crippen molar-refractivity contribution in [2.24, 2.45) is 0 Å². The molecule has 2 rings (SSSR count). The second-order valence-electron chi connectivity index (χ2n) is 4.45. The van der Waals surface area contributed by atoms with Crippen molar-refractivity contribution in [2.45, 2.75) is 13.3 Å². The van der Waals surface area contributed by atoms with E-state index in [1.807, 2.05) is 25.1 Å². The number of nitrogens with zero attached hydrogens (tertiary/aromatic N) is 1. The minimum atomic E-state index is -0.0595. The van der Waals surface area contributed by atoms with Crippen molar-refractivity contribution in [3.05, 3.63) is 27.5 Å². The molecule has 20 heavy (non-hydrogen) atoms. The zero-order valence-electron chi connectivity index (χ0n) is 11.2. The summed E-state index contributed by atoms with van der Waals surface area (Å²) >= 11 is 4.83. The normalized spacial score (nSPS) is 10.9. The van der Waals surface area contributed by atoms with Gasteiger partial charge in [0.1, 0.15) is 4.88 Å². The van der Waals surface area contributed by atoms with Crippen LogP contribution in [0.5, 0.6) is 0 Å². The number of hydrogen-bond donors (Lipinski definition) is 2. The van der Waals surface area contributed by atoms with Crippen molar-refractivity contribution >= 4 is 48.9 Å². The first-order valence-electron chi connectivity index (χ1n) is 6.46. The van der Waals surface area contributed by atoms with Gasteiger partial charge in [-0.1, -0.05) is 15.9 Å². The van der Waals surface area contributed by atoms with E-state index in [0.717, 1.165) is 14.6 Å². The first-order chi connectivity index (χ1) is 9.58. The summed E-state index contributed by atoms with van der Waals surface area (Å²) in [6.07, 6.45) is 0.579. The fourth-order valence-electron chi connectivity index (χ4n) is 2.06. The smallest absolute Gasteiger partial charge is 0.266 e. The molecule has 0 radical (unpaired) electrons. The number of amides is 1. The van der Waals surface area contributed by atoms with E-state index in [2.05, 4.69) is 15.9 Å². The van der Waals surface area contributed by atoms with Crippen LogP contribution >= 0.6 is 27.3 Å². The highest BCUT2D eigenvalue weighted by molar-refractivity contribution is 9.10. The largest absolute Gasteiger partial charge is 0.397 e. The highest BCUT2D eigenvalue weighted by atomic mass is 79.9. The molecule has 1 amide bonds. The van der Waals surface area contributed by atoms with Crippen molar-refractivity contribution in [3.63, 3.8) is 0 Å². The van der Waals surface area contributed by atoms with E-state index in [-0.39, 0.29) is 12.5 Å². The van der Waals surface area contributed by atoms with E-state index < -0.39 is 0 Å². The quantitative estimate of drug-likeness (QED) is 0.864. The fourth-order valence-corrected chi connectivity index (χ4v) is 3.49. The van der Waals surface area contributed by atoms with E-state index >= 15 is 0 Å². The Morgan fingerprint density at radius 2 is 2.25 bits per heavy atom. The van der Waals surface area contributed by atoms with Crippen molar-refractivity contribution in [2.75, 3.05) is 25.4 Å². The van der Waals surface area contributed by atoms with Gasteiger partial charge in [0.25, 0.3) is 5.91 Å². The number of nitrogens with two attached hydrogens (primary N) is 1. The molecule has 6 heteroatoms. The Bertz CT molecular complexity index is 627. The average Bonchev–Trinajstić information content (AvgIpc) is 2.76. The number of thiophene rings is 1. The zero-order valence-corrected chi connectivity index (χ0v) is 13.6. The predicted molar refractivity (Wildman–Crippen MR) is 87.2 cm³/mol. The average molecular weight is 357 g/mol. The van der Waals surface area contributed by atoms with E-state index in [1.54, 1.807) is 4.90 Å². The van der Waals surface area contributed by atoms with Gasteiger partial charge in [0.15, 0.2) is 0 Å². The molecular formula is C14H17BrN2O2S. The molecule has 0 spiro atoms. The second-order valence-corrected chi connectivity index (χ2v) is 6.42. The number of rotatable bonds is 5. The van der Waals surface area contributed by atoms with Gasteiger partial charge in [-0.15, -0.1) is 11.3 Å². The predicted octanol–water partition coefficient (Wildman–Crippen LogP) is 3.09. The van der Waals surface area contributed by atoms with Gasteiger partial charge in [-0.05, 0) is 31.5 Å². The summed E-state index contributed by atoms with van der Waals surface area (Å²) in [6, 6.07) is 5.83. The van der Waals surface area contributed by atoms with Gasteiger partial charge in [0, 0.05) is 34.3 Å². The Balaban J connectivity index is 2.36. The van der Waals surface area contributed by atoms with Crippen LogP contribution in [0.1, 0.15) is 23.0 Å². The molecule has 1 aromatic heterocycles. The van der Waals surface area contributed by atoms with Crippen LogP contribution in [0, 0.1) is 0 Å². The van der Waals surface area contributed by atoms with Crippen molar-refractivity contribution in [1.82, 2.24) is 4.90 Å². The van der Waals surface area contributed by atoms with Crippen LogP contribution in [0.15, 0.2) is 22.7 Å². The van der Waals surface area contributed by atoms with E-state index in [0.29, 0.717) is 30.1 Å². The van der Waals surface area contributed by atoms with Crippen LogP contribution in [0.2, 0.25) is 0 Å². The molecule has 1 heterocycles. The maximum Gasteiger partial charge on any atom is 0.266 e. The van der Waals surface area contributed by atoms with Gasteiger partial charge in [-0.3, -0.25) is 4.79 Å². The molecule has 0 saturated heterocycles. The zero-order chi connectivity index (χ0) is 14.7. The van der Waals surface area contributed by atoms with Gasteiger partial charge in [-0.25, -0.2) is 0 Å². The SMILES string of the molecule is CCN(CCCO)C(=O)c1sc2ccc(Br)cc2c1N.